The molecule has 8 aromatic rings. The summed E-state index contributed by atoms with van der Waals surface area (Å²) in [6, 6.07) is 66.8. The van der Waals surface area contributed by atoms with E-state index in [-0.39, 0.29) is 5.41 Å². The van der Waals surface area contributed by atoms with Gasteiger partial charge in [0.25, 0.3) is 0 Å². The number of anilines is 2. The molecule has 0 aliphatic heterocycles. The van der Waals surface area contributed by atoms with E-state index in [2.05, 4.69) is 213 Å². The number of rotatable bonds is 6. The van der Waals surface area contributed by atoms with Crippen molar-refractivity contribution in [2.45, 2.75) is 25.7 Å². The van der Waals surface area contributed by atoms with Gasteiger partial charge in [0.1, 0.15) is 0 Å². The van der Waals surface area contributed by atoms with Crippen molar-refractivity contribution in [3.8, 4) is 33.4 Å². The van der Waals surface area contributed by atoms with Gasteiger partial charge < -0.3 is 4.90 Å². The fourth-order valence-electron chi connectivity index (χ4n) is 9.23. The van der Waals surface area contributed by atoms with Crippen molar-refractivity contribution in [2.75, 3.05) is 4.90 Å². The third kappa shape index (κ3) is 5.31. The summed E-state index contributed by atoms with van der Waals surface area (Å²) in [5.74, 6) is 0.401. The maximum atomic E-state index is 2.49. The van der Waals surface area contributed by atoms with Crippen LogP contribution in [0.25, 0.3) is 60.5 Å². The minimum Gasteiger partial charge on any atom is -0.314 e. The fourth-order valence-corrected chi connectivity index (χ4v) is 9.23. The van der Waals surface area contributed by atoms with E-state index in [1.807, 2.05) is 0 Å². The van der Waals surface area contributed by atoms with E-state index in [4.69, 9.17) is 0 Å². The van der Waals surface area contributed by atoms with Crippen LogP contribution >= 0.6 is 0 Å². The number of fused-ring (bicyclic) bond motifs is 5. The van der Waals surface area contributed by atoms with Crippen molar-refractivity contribution in [1.29, 1.82) is 0 Å². The number of hydrogen-bond donors (Lipinski definition) is 0. The van der Waals surface area contributed by atoms with E-state index in [1.165, 1.54) is 83.0 Å². The van der Waals surface area contributed by atoms with Gasteiger partial charge in [-0.15, -0.1) is 0 Å². The van der Waals surface area contributed by atoms with Gasteiger partial charge in [-0.3, -0.25) is 0 Å². The Labute approximate surface area is 318 Å². The van der Waals surface area contributed by atoms with E-state index >= 15 is 0 Å². The highest BCUT2D eigenvalue weighted by Gasteiger charge is 2.44. The Hall–Kier alpha value is -6.44. The fraction of sp³-hybridized carbons (Fsp3) is 0.0943. The molecule has 0 saturated heterocycles. The smallest absolute Gasteiger partial charge is 0.0458 e. The zero-order chi connectivity index (χ0) is 36.2. The van der Waals surface area contributed by atoms with Gasteiger partial charge in [0.2, 0.25) is 0 Å². The zero-order valence-corrected chi connectivity index (χ0v) is 30.7. The first-order valence-electron chi connectivity index (χ1n) is 19.1. The molecule has 0 amide bonds. The highest BCUT2D eigenvalue weighted by Crippen LogP contribution is 2.55. The second-order valence-corrected chi connectivity index (χ2v) is 15.3. The predicted octanol–water partition coefficient (Wildman–Crippen LogP) is 14.4. The van der Waals surface area contributed by atoms with Gasteiger partial charge in [-0.2, -0.15) is 0 Å². The third-order valence-corrected chi connectivity index (χ3v) is 12.0. The first-order chi connectivity index (χ1) is 26.5. The summed E-state index contributed by atoms with van der Waals surface area (Å²) >= 11 is 0. The van der Waals surface area contributed by atoms with Crippen LogP contribution in [0.3, 0.4) is 0 Å². The van der Waals surface area contributed by atoms with E-state index < -0.39 is 0 Å². The largest absolute Gasteiger partial charge is 0.314 e. The van der Waals surface area contributed by atoms with Crippen LogP contribution in [0.2, 0.25) is 0 Å². The molecule has 0 fully saturated rings. The molecular weight excluding hydrogens is 651 g/mol. The van der Waals surface area contributed by atoms with Gasteiger partial charge in [-0.25, -0.2) is 0 Å². The van der Waals surface area contributed by atoms with Gasteiger partial charge in [-0.1, -0.05) is 178 Å². The minimum absolute atomic E-state index is 0.0413. The van der Waals surface area contributed by atoms with Crippen molar-refractivity contribution in [2.24, 2.45) is 5.92 Å². The summed E-state index contributed by atoms with van der Waals surface area (Å²) in [4.78, 5) is 2.49. The quantitative estimate of drug-likeness (QED) is 0.168. The average molecular weight is 692 g/mol. The SMILES string of the molecule is CC1(C)c2ccccc2C2=CC=C(N(c3ccc(-c4ccc5ccccc5c4-c4ccccc4)cc3)c3ccc(-c4cccc5ccccc45)cc3)CC21. The standard InChI is InChI=1S/C53H41N/c1-53(2)50-22-11-10-20-48(50)49-34-32-43(35-51(49)53)54(41-28-23-38(24-29-41)45-21-12-17-36-13-6-8-18-44(36)45)42-30-25-39(26-31-42)47-33-27-37-14-7-9-19-46(37)52(47)40-15-4-3-5-16-40/h3-34,51H,35H2,1-2H3. The Kier molecular flexibility index (Phi) is 7.70. The Morgan fingerprint density at radius 3 is 1.76 bits per heavy atom. The van der Waals surface area contributed by atoms with E-state index in [0.717, 1.165) is 12.1 Å². The highest BCUT2D eigenvalue weighted by atomic mass is 15.1. The summed E-state index contributed by atoms with van der Waals surface area (Å²) < 4.78 is 0. The molecule has 1 nitrogen and oxygen atoms in total. The van der Waals surface area contributed by atoms with Gasteiger partial charge in [0.05, 0.1) is 0 Å². The first kappa shape index (κ1) is 32.2. The van der Waals surface area contributed by atoms with E-state index in [1.54, 1.807) is 0 Å². The Balaban J connectivity index is 1.08. The summed E-state index contributed by atoms with van der Waals surface area (Å²) in [5.41, 5.74) is 15.4. The number of nitrogens with zero attached hydrogens (tertiary/aromatic N) is 1. The zero-order valence-electron chi connectivity index (χ0n) is 30.7. The number of hydrogen-bond acceptors (Lipinski definition) is 1. The van der Waals surface area contributed by atoms with Crippen LogP contribution < -0.4 is 4.90 Å². The summed E-state index contributed by atoms with van der Waals surface area (Å²) in [6.07, 6.45) is 5.72. The van der Waals surface area contributed by atoms with Crippen molar-refractivity contribution >= 4 is 38.5 Å². The maximum absolute atomic E-state index is 2.49. The molecule has 2 aliphatic carbocycles. The average Bonchev–Trinajstić information content (AvgIpc) is 3.46. The molecule has 2 aliphatic rings. The Bertz CT molecular complexity index is 2740. The summed E-state index contributed by atoms with van der Waals surface area (Å²) in [6.45, 7) is 4.85. The molecule has 54 heavy (non-hydrogen) atoms. The lowest BCUT2D eigenvalue weighted by atomic mass is 9.74. The Morgan fingerprint density at radius 1 is 0.444 bits per heavy atom. The van der Waals surface area contributed by atoms with E-state index in [0.29, 0.717) is 5.92 Å². The summed E-state index contributed by atoms with van der Waals surface area (Å²) in [7, 11) is 0. The second-order valence-electron chi connectivity index (χ2n) is 15.3. The van der Waals surface area contributed by atoms with Crippen LogP contribution in [0, 0.1) is 5.92 Å². The lowest BCUT2D eigenvalue weighted by Crippen LogP contribution is -2.28. The number of allylic oxidation sites excluding steroid dienone is 4. The minimum atomic E-state index is 0.0413. The predicted molar refractivity (Wildman–Crippen MR) is 230 cm³/mol. The Morgan fingerprint density at radius 2 is 1.02 bits per heavy atom. The molecule has 258 valence electrons. The van der Waals surface area contributed by atoms with Gasteiger partial charge >= 0.3 is 0 Å². The van der Waals surface area contributed by atoms with Crippen LogP contribution in [0.5, 0.6) is 0 Å². The van der Waals surface area contributed by atoms with Gasteiger partial charge in [0.15, 0.2) is 0 Å². The molecule has 1 unspecified atom stereocenters. The first-order valence-corrected chi connectivity index (χ1v) is 19.1. The molecule has 0 aromatic heterocycles. The van der Waals surface area contributed by atoms with E-state index in [9.17, 15) is 0 Å². The molecular formula is C53H41N. The van der Waals surface area contributed by atoms with Crippen LogP contribution in [0.4, 0.5) is 11.4 Å². The van der Waals surface area contributed by atoms with Gasteiger partial charge in [-0.05, 0) is 120 Å². The van der Waals surface area contributed by atoms with Crippen LogP contribution in [0.1, 0.15) is 31.4 Å². The lowest BCUT2D eigenvalue weighted by molar-refractivity contribution is 0.406. The van der Waals surface area contributed by atoms with Crippen molar-refractivity contribution in [1.82, 2.24) is 0 Å². The molecule has 0 saturated carbocycles. The monoisotopic (exact) mass is 691 g/mol. The molecule has 8 aromatic carbocycles. The van der Waals surface area contributed by atoms with Crippen molar-refractivity contribution < 1.29 is 0 Å². The van der Waals surface area contributed by atoms with Gasteiger partial charge in [0, 0.05) is 17.1 Å². The van der Waals surface area contributed by atoms with Crippen LogP contribution in [0.15, 0.2) is 200 Å². The maximum Gasteiger partial charge on any atom is 0.0458 e. The van der Waals surface area contributed by atoms with Crippen LogP contribution in [-0.2, 0) is 5.41 Å². The third-order valence-electron chi connectivity index (χ3n) is 12.0. The molecule has 0 bridgehead atoms. The molecule has 0 radical (unpaired) electrons. The highest BCUT2D eigenvalue weighted by molar-refractivity contribution is 6.04. The molecule has 0 spiro atoms. The molecule has 0 heterocycles. The number of benzene rings is 8. The lowest BCUT2D eigenvalue weighted by Gasteiger charge is -2.36. The summed E-state index contributed by atoms with van der Waals surface area (Å²) in [5, 5.41) is 5.06. The topological polar surface area (TPSA) is 3.24 Å². The van der Waals surface area contributed by atoms with Crippen molar-refractivity contribution in [3.05, 3.63) is 211 Å². The normalized spacial score (nSPS) is 15.7. The molecule has 0 N–H and O–H groups in total. The molecule has 10 rings (SSSR count). The molecule has 1 heteroatoms. The van der Waals surface area contributed by atoms with Crippen molar-refractivity contribution in [3.63, 3.8) is 0 Å². The molecule has 1 atom stereocenters. The second kappa shape index (κ2) is 12.9. The van der Waals surface area contributed by atoms with Crippen LogP contribution in [-0.4, -0.2) is 0 Å².